The van der Waals surface area contributed by atoms with Crippen molar-refractivity contribution in [3.63, 3.8) is 0 Å². The van der Waals surface area contributed by atoms with Crippen molar-refractivity contribution >= 4 is 56.6 Å². The summed E-state index contributed by atoms with van der Waals surface area (Å²) in [6.45, 7) is 1.70. The lowest BCUT2D eigenvalue weighted by atomic mass is 10.1. The number of hydrogen-bond donors (Lipinski definition) is 1. The number of primary sulfonamides is 1. The van der Waals surface area contributed by atoms with Crippen LogP contribution < -0.4 is 10.1 Å². The minimum Gasteiger partial charge on any atom is -0.457 e. The van der Waals surface area contributed by atoms with E-state index in [0.29, 0.717) is 38.5 Å². The molecule has 4 rings (SSSR count). The van der Waals surface area contributed by atoms with Crippen LogP contribution in [0.25, 0.3) is 17.4 Å². The van der Waals surface area contributed by atoms with Crippen LogP contribution in [0.5, 0.6) is 0 Å². The fourth-order valence-electron chi connectivity index (χ4n) is 3.01. The number of nitrogens with zero attached hydrogens (tertiary/aromatic N) is 2. The van der Waals surface area contributed by atoms with E-state index in [4.69, 9.17) is 32.8 Å². The first-order valence-corrected chi connectivity index (χ1v) is 11.2. The van der Waals surface area contributed by atoms with Gasteiger partial charge in [-0.15, -0.1) is 0 Å². The molecule has 0 saturated heterocycles. The Hall–Kier alpha value is -2.91. The van der Waals surface area contributed by atoms with Gasteiger partial charge in [0.1, 0.15) is 11.5 Å². The molecule has 0 atom stereocenters. The van der Waals surface area contributed by atoms with E-state index in [2.05, 4.69) is 5.10 Å². The molecule has 0 radical (unpaired) electrons. The highest BCUT2D eigenvalue weighted by Crippen LogP contribution is 2.31. The molecule has 1 aliphatic heterocycles. The Morgan fingerprint density at radius 3 is 2.39 bits per heavy atom. The van der Waals surface area contributed by atoms with Gasteiger partial charge < -0.3 is 4.42 Å². The molecule has 2 aromatic carbocycles. The van der Waals surface area contributed by atoms with Gasteiger partial charge in [0, 0.05) is 5.56 Å². The van der Waals surface area contributed by atoms with Crippen LogP contribution in [0.15, 0.2) is 74.6 Å². The molecule has 0 bridgehead atoms. The molecule has 1 aromatic heterocycles. The van der Waals surface area contributed by atoms with Gasteiger partial charge in [0.15, 0.2) is 0 Å². The SMILES string of the molecule is CC1=NN(c2ccc(S(N)(=O)=O)cc2)C(=O)/C1=C\c1ccc(-c2ccc(Cl)c(Cl)c2)o1. The van der Waals surface area contributed by atoms with Gasteiger partial charge >= 0.3 is 0 Å². The zero-order chi connectivity index (χ0) is 22.3. The smallest absolute Gasteiger partial charge is 0.280 e. The van der Waals surface area contributed by atoms with E-state index in [1.54, 1.807) is 43.3 Å². The molecule has 7 nitrogen and oxygen atoms in total. The topological polar surface area (TPSA) is 106 Å². The van der Waals surface area contributed by atoms with Crippen LogP contribution in [0.4, 0.5) is 5.69 Å². The number of anilines is 1. The number of amides is 1. The Kier molecular flexibility index (Phi) is 5.49. The van der Waals surface area contributed by atoms with Crippen LogP contribution in [0.1, 0.15) is 12.7 Å². The summed E-state index contributed by atoms with van der Waals surface area (Å²) < 4.78 is 28.7. The average molecular weight is 476 g/mol. The van der Waals surface area contributed by atoms with Crippen LogP contribution in [0.3, 0.4) is 0 Å². The monoisotopic (exact) mass is 475 g/mol. The fourth-order valence-corrected chi connectivity index (χ4v) is 3.83. The normalized spacial score (nSPS) is 15.6. The van der Waals surface area contributed by atoms with Crippen LogP contribution in [-0.4, -0.2) is 20.0 Å². The first-order chi connectivity index (χ1) is 14.6. The molecule has 1 aliphatic rings. The van der Waals surface area contributed by atoms with E-state index in [0.717, 1.165) is 5.56 Å². The highest BCUT2D eigenvalue weighted by molar-refractivity contribution is 7.89. The van der Waals surface area contributed by atoms with E-state index in [9.17, 15) is 13.2 Å². The summed E-state index contributed by atoms with van der Waals surface area (Å²) in [7, 11) is -3.82. The van der Waals surface area contributed by atoms with Crippen molar-refractivity contribution in [1.82, 2.24) is 0 Å². The summed E-state index contributed by atoms with van der Waals surface area (Å²) in [5.41, 5.74) is 2.01. The second kappa shape index (κ2) is 7.97. The number of furan rings is 1. The standard InChI is InChI=1S/C21H15Cl2N3O4S/c1-12-17(11-15-5-9-20(30-15)13-2-8-18(22)19(23)10-13)21(27)26(25-12)14-3-6-16(7-4-14)31(24,28)29/h2-11H,1H3,(H2,24,28,29)/b17-11-. The van der Waals surface area contributed by atoms with Gasteiger partial charge in [-0.1, -0.05) is 23.2 Å². The molecule has 158 valence electrons. The van der Waals surface area contributed by atoms with E-state index in [1.807, 2.05) is 0 Å². The Labute approximate surface area is 188 Å². The van der Waals surface area contributed by atoms with E-state index < -0.39 is 10.0 Å². The number of halogens is 2. The molecular weight excluding hydrogens is 461 g/mol. The van der Waals surface area contributed by atoms with Crippen molar-refractivity contribution in [2.75, 3.05) is 5.01 Å². The number of carbonyl (C=O) groups is 1. The number of sulfonamides is 1. The molecule has 0 fully saturated rings. The average Bonchev–Trinajstić information content (AvgIpc) is 3.30. The highest BCUT2D eigenvalue weighted by atomic mass is 35.5. The summed E-state index contributed by atoms with van der Waals surface area (Å²) in [5, 5.41) is 11.4. The third-order valence-electron chi connectivity index (χ3n) is 4.59. The molecule has 2 heterocycles. The second-order valence-corrected chi connectivity index (χ2v) is 9.11. The largest absolute Gasteiger partial charge is 0.457 e. The van der Waals surface area contributed by atoms with E-state index >= 15 is 0 Å². The predicted molar refractivity (Wildman–Crippen MR) is 121 cm³/mol. The van der Waals surface area contributed by atoms with Gasteiger partial charge in [0.05, 0.1) is 31.9 Å². The Balaban J connectivity index is 1.60. The lowest BCUT2D eigenvalue weighted by Crippen LogP contribution is -2.21. The Bertz CT molecular complexity index is 1360. The number of hydrogen-bond acceptors (Lipinski definition) is 5. The van der Waals surface area contributed by atoms with Crippen LogP contribution >= 0.6 is 23.2 Å². The number of rotatable bonds is 4. The first-order valence-electron chi connectivity index (χ1n) is 8.93. The fraction of sp³-hybridized carbons (Fsp3) is 0.0476. The zero-order valence-electron chi connectivity index (χ0n) is 16.0. The number of nitrogens with two attached hydrogens (primary N) is 1. The highest BCUT2D eigenvalue weighted by Gasteiger charge is 2.29. The molecular formula is C21H15Cl2N3O4S. The maximum Gasteiger partial charge on any atom is 0.280 e. The summed E-state index contributed by atoms with van der Waals surface area (Å²) in [4.78, 5) is 12.8. The van der Waals surface area contributed by atoms with E-state index in [-0.39, 0.29) is 10.8 Å². The zero-order valence-corrected chi connectivity index (χ0v) is 18.4. The third-order valence-corrected chi connectivity index (χ3v) is 6.26. The lowest BCUT2D eigenvalue weighted by Gasteiger charge is -2.11. The van der Waals surface area contributed by atoms with Crippen molar-refractivity contribution < 1.29 is 17.6 Å². The molecule has 2 N–H and O–H groups in total. The number of hydrazone groups is 1. The maximum atomic E-state index is 12.9. The van der Waals surface area contributed by atoms with Crippen molar-refractivity contribution in [2.45, 2.75) is 11.8 Å². The van der Waals surface area contributed by atoms with Crippen LogP contribution in [-0.2, 0) is 14.8 Å². The minimum absolute atomic E-state index is 0.0511. The van der Waals surface area contributed by atoms with Gasteiger partial charge in [-0.3, -0.25) is 4.79 Å². The molecule has 31 heavy (non-hydrogen) atoms. The third kappa shape index (κ3) is 4.28. The summed E-state index contributed by atoms with van der Waals surface area (Å²) in [5.74, 6) is 0.666. The van der Waals surface area contributed by atoms with E-state index in [1.165, 1.54) is 29.3 Å². The quantitative estimate of drug-likeness (QED) is 0.551. The second-order valence-electron chi connectivity index (χ2n) is 6.73. The maximum absolute atomic E-state index is 12.9. The van der Waals surface area contributed by atoms with Crippen molar-refractivity contribution in [1.29, 1.82) is 0 Å². The molecule has 0 unspecified atom stereocenters. The van der Waals surface area contributed by atoms with Crippen LogP contribution in [0, 0.1) is 0 Å². The van der Waals surface area contributed by atoms with Crippen molar-refractivity contribution in [3.8, 4) is 11.3 Å². The lowest BCUT2D eigenvalue weighted by molar-refractivity contribution is -0.114. The summed E-state index contributed by atoms with van der Waals surface area (Å²) in [6.07, 6.45) is 1.60. The summed E-state index contributed by atoms with van der Waals surface area (Å²) in [6, 6.07) is 14.2. The van der Waals surface area contributed by atoms with Gasteiger partial charge in [0.25, 0.3) is 5.91 Å². The first kappa shape index (κ1) is 21.3. The Morgan fingerprint density at radius 1 is 1.03 bits per heavy atom. The molecule has 0 aliphatic carbocycles. The number of benzene rings is 2. The number of carbonyl (C=O) groups excluding carboxylic acids is 1. The van der Waals surface area contributed by atoms with Gasteiger partial charge in [-0.25, -0.2) is 13.6 Å². The van der Waals surface area contributed by atoms with Gasteiger partial charge in [-0.05, 0) is 67.6 Å². The summed E-state index contributed by atoms with van der Waals surface area (Å²) >= 11 is 12.0. The van der Waals surface area contributed by atoms with Crippen LogP contribution in [0.2, 0.25) is 10.0 Å². The van der Waals surface area contributed by atoms with Gasteiger partial charge in [0.2, 0.25) is 10.0 Å². The molecule has 0 saturated carbocycles. The van der Waals surface area contributed by atoms with Crippen molar-refractivity contribution in [2.24, 2.45) is 10.2 Å². The molecule has 0 spiro atoms. The molecule has 10 heteroatoms. The van der Waals surface area contributed by atoms with Crippen molar-refractivity contribution in [3.05, 3.63) is 76.0 Å². The van der Waals surface area contributed by atoms with Gasteiger partial charge in [-0.2, -0.15) is 10.1 Å². The predicted octanol–water partition coefficient (Wildman–Crippen LogP) is 4.71. The molecule has 1 amide bonds. The minimum atomic E-state index is -3.82. The Morgan fingerprint density at radius 2 is 1.74 bits per heavy atom. The molecule has 3 aromatic rings.